The molecule has 0 aromatic rings. The van der Waals surface area contributed by atoms with Crippen molar-refractivity contribution in [3.8, 4) is 0 Å². The van der Waals surface area contributed by atoms with Crippen LogP contribution in [0.4, 0.5) is 0 Å². The molecule has 0 aromatic heterocycles. The van der Waals surface area contributed by atoms with E-state index >= 15 is 0 Å². The van der Waals surface area contributed by atoms with Gasteiger partial charge in [0.1, 0.15) is 0 Å². The van der Waals surface area contributed by atoms with Gasteiger partial charge in [-0.1, -0.05) is 0 Å². The Morgan fingerprint density at radius 2 is 1.05 bits per heavy atom. The summed E-state index contributed by atoms with van der Waals surface area (Å²) in [5.74, 6) is 1.73. The molecular weight excluding hydrogens is 236 g/mol. The second kappa shape index (κ2) is 7.37. The van der Waals surface area contributed by atoms with Gasteiger partial charge in [0.25, 0.3) is 0 Å². The predicted molar refractivity (Wildman–Crippen MR) is 76.4 cm³/mol. The van der Waals surface area contributed by atoms with Crippen LogP contribution in [-0.4, -0.2) is 24.1 Å². The van der Waals surface area contributed by atoms with Crippen LogP contribution < -0.4 is 0 Å². The minimum atomic E-state index is 0.367. The van der Waals surface area contributed by atoms with Gasteiger partial charge in [0.2, 0.25) is 0 Å². The number of rotatable bonds is 4. The van der Waals surface area contributed by atoms with E-state index in [0.29, 0.717) is 12.1 Å². The first-order chi connectivity index (χ1) is 9.31. The Morgan fingerprint density at radius 1 is 0.684 bits per heavy atom. The molecule has 2 N–H and O–H groups in total. The van der Waals surface area contributed by atoms with Crippen molar-refractivity contribution in [1.82, 2.24) is 0 Å². The van der Waals surface area contributed by atoms with Gasteiger partial charge in [-0.25, -0.2) is 20.8 Å². The van der Waals surface area contributed by atoms with E-state index < -0.39 is 0 Å². The molecule has 0 radical (unpaired) electrons. The SMILES string of the molecule is N=C=NC1CCC(CC2CCC(N=C=N)CC2)CC1. The van der Waals surface area contributed by atoms with Crippen LogP contribution in [0.1, 0.15) is 57.8 Å². The average molecular weight is 260 g/mol. The van der Waals surface area contributed by atoms with E-state index in [2.05, 4.69) is 22.0 Å². The summed E-state index contributed by atoms with van der Waals surface area (Å²) in [6.07, 6.45) is 11.0. The third kappa shape index (κ3) is 4.41. The van der Waals surface area contributed by atoms with Crippen molar-refractivity contribution in [1.29, 1.82) is 10.8 Å². The molecule has 0 atom stereocenters. The van der Waals surface area contributed by atoms with Crippen LogP contribution in [0.5, 0.6) is 0 Å². The molecule has 0 aliphatic heterocycles. The lowest BCUT2D eigenvalue weighted by Crippen LogP contribution is -2.23. The number of aliphatic imine (C=N–C) groups is 2. The highest BCUT2D eigenvalue weighted by atomic mass is 14.8. The Morgan fingerprint density at radius 3 is 1.37 bits per heavy atom. The molecule has 0 unspecified atom stereocenters. The fourth-order valence-electron chi connectivity index (χ4n) is 3.67. The summed E-state index contributed by atoms with van der Waals surface area (Å²) >= 11 is 0. The van der Waals surface area contributed by atoms with Crippen LogP contribution in [0.3, 0.4) is 0 Å². The van der Waals surface area contributed by atoms with Crippen LogP contribution in [0, 0.1) is 22.7 Å². The summed E-state index contributed by atoms with van der Waals surface area (Å²) < 4.78 is 0. The molecule has 104 valence electrons. The molecule has 2 saturated carbocycles. The maximum Gasteiger partial charge on any atom is 0.0864 e. The van der Waals surface area contributed by atoms with Crippen LogP contribution in [0.15, 0.2) is 9.98 Å². The van der Waals surface area contributed by atoms with Crippen molar-refractivity contribution in [3.63, 3.8) is 0 Å². The Kier molecular flexibility index (Phi) is 5.50. The van der Waals surface area contributed by atoms with Gasteiger partial charge in [-0.2, -0.15) is 0 Å². The first-order valence-corrected chi connectivity index (χ1v) is 7.55. The van der Waals surface area contributed by atoms with E-state index in [-0.39, 0.29) is 0 Å². The molecule has 2 fully saturated rings. The van der Waals surface area contributed by atoms with Crippen LogP contribution in [0.25, 0.3) is 0 Å². The van der Waals surface area contributed by atoms with Gasteiger partial charge in [-0.05, 0) is 69.6 Å². The fraction of sp³-hybridized carbons (Fsp3) is 0.867. The summed E-state index contributed by atoms with van der Waals surface area (Å²) in [7, 11) is 0. The van der Waals surface area contributed by atoms with E-state index in [1.807, 2.05) is 0 Å². The van der Waals surface area contributed by atoms with Gasteiger partial charge in [-0.3, -0.25) is 0 Å². The topological polar surface area (TPSA) is 72.4 Å². The summed E-state index contributed by atoms with van der Waals surface area (Å²) in [4.78, 5) is 8.15. The molecule has 2 aliphatic carbocycles. The molecule has 19 heavy (non-hydrogen) atoms. The zero-order valence-electron chi connectivity index (χ0n) is 11.6. The molecule has 0 aromatic carbocycles. The highest BCUT2D eigenvalue weighted by Crippen LogP contribution is 2.36. The van der Waals surface area contributed by atoms with Crippen molar-refractivity contribution in [3.05, 3.63) is 0 Å². The van der Waals surface area contributed by atoms with Crippen molar-refractivity contribution in [2.45, 2.75) is 69.9 Å². The highest BCUT2D eigenvalue weighted by molar-refractivity contribution is 5.36. The normalized spacial score (nSPS) is 34.9. The van der Waals surface area contributed by atoms with Gasteiger partial charge in [0, 0.05) is 0 Å². The zero-order chi connectivity index (χ0) is 13.5. The lowest BCUT2D eigenvalue weighted by Gasteiger charge is -2.32. The standard InChI is InChI=1S/C15H24N4/c16-10-18-14-5-1-12(2-6-14)9-13-3-7-15(8-4-13)19-11-17/h12-17H,1-9H2. The number of hydrogen-bond donors (Lipinski definition) is 2. The maximum atomic E-state index is 6.90. The third-order valence-electron chi connectivity index (χ3n) is 4.79. The Hall–Kier alpha value is -1.24. The van der Waals surface area contributed by atoms with E-state index in [9.17, 15) is 0 Å². The largest absolute Gasteiger partial charge is 0.242 e. The third-order valence-corrected chi connectivity index (χ3v) is 4.79. The summed E-state index contributed by atoms with van der Waals surface area (Å²) in [6, 6.07) is 5.12. The minimum absolute atomic E-state index is 0.367. The second-order valence-electron chi connectivity index (χ2n) is 6.07. The van der Waals surface area contributed by atoms with Crippen LogP contribution >= 0.6 is 0 Å². The quantitative estimate of drug-likeness (QED) is 0.717. The molecular formula is C15H24N4. The zero-order valence-corrected chi connectivity index (χ0v) is 11.6. The number of hydrogen-bond acceptors (Lipinski definition) is 4. The minimum Gasteiger partial charge on any atom is -0.242 e. The van der Waals surface area contributed by atoms with E-state index in [1.54, 1.807) is 0 Å². The Balaban J connectivity index is 1.69. The van der Waals surface area contributed by atoms with Crippen molar-refractivity contribution in [2.75, 3.05) is 0 Å². The van der Waals surface area contributed by atoms with Crippen LogP contribution in [0.2, 0.25) is 0 Å². The van der Waals surface area contributed by atoms with Gasteiger partial charge in [-0.15, -0.1) is 0 Å². The lowest BCUT2D eigenvalue weighted by atomic mass is 9.76. The van der Waals surface area contributed by atoms with Gasteiger partial charge >= 0.3 is 0 Å². The number of nitrogens with one attached hydrogen (secondary N) is 2. The van der Waals surface area contributed by atoms with Crippen molar-refractivity contribution < 1.29 is 0 Å². The molecule has 0 spiro atoms. The lowest BCUT2D eigenvalue weighted by molar-refractivity contribution is 0.226. The van der Waals surface area contributed by atoms with E-state index in [1.165, 1.54) is 32.1 Å². The molecule has 0 saturated heterocycles. The van der Waals surface area contributed by atoms with Crippen molar-refractivity contribution in [2.24, 2.45) is 21.8 Å². The Labute approximate surface area is 115 Å². The van der Waals surface area contributed by atoms with Crippen LogP contribution in [-0.2, 0) is 0 Å². The molecule has 2 rings (SSSR count). The highest BCUT2D eigenvalue weighted by Gasteiger charge is 2.26. The predicted octanol–water partition coefficient (Wildman–Crippen LogP) is 4.00. The first kappa shape index (κ1) is 14.2. The molecule has 2 aliphatic rings. The summed E-state index contributed by atoms with van der Waals surface area (Å²) in [5, 5.41) is 13.8. The van der Waals surface area contributed by atoms with E-state index in [0.717, 1.165) is 37.5 Å². The first-order valence-electron chi connectivity index (χ1n) is 7.55. The average Bonchev–Trinajstić information content (AvgIpc) is 2.44. The summed E-state index contributed by atoms with van der Waals surface area (Å²) in [6.45, 7) is 0. The summed E-state index contributed by atoms with van der Waals surface area (Å²) in [5.41, 5.74) is 0. The molecule has 4 nitrogen and oxygen atoms in total. The van der Waals surface area contributed by atoms with Gasteiger partial charge in [0.15, 0.2) is 0 Å². The second-order valence-corrected chi connectivity index (χ2v) is 6.07. The Bertz CT molecular complexity index is 328. The van der Waals surface area contributed by atoms with Gasteiger partial charge in [0.05, 0.1) is 24.1 Å². The molecule has 0 amide bonds. The molecule has 0 bridgehead atoms. The fourth-order valence-corrected chi connectivity index (χ4v) is 3.67. The maximum absolute atomic E-state index is 6.90. The monoisotopic (exact) mass is 260 g/mol. The van der Waals surface area contributed by atoms with E-state index in [4.69, 9.17) is 10.8 Å². The van der Waals surface area contributed by atoms with Gasteiger partial charge < -0.3 is 0 Å². The molecule has 0 heterocycles. The smallest absolute Gasteiger partial charge is 0.0864 e. The molecule has 4 heteroatoms. The number of nitrogens with zero attached hydrogens (tertiary/aromatic N) is 2. The van der Waals surface area contributed by atoms with Crippen molar-refractivity contribution >= 4 is 12.0 Å².